The van der Waals surface area contributed by atoms with Crippen LogP contribution in [0.1, 0.15) is 0 Å². The molecule has 0 spiro atoms. The predicted molar refractivity (Wildman–Crippen MR) is 268 cm³/mol. The molecule has 12 rings (SSSR count). The SMILES string of the molecule is c1ccc(-c2ccc3c(c2)oc2c(-c4ccccc4)ccc(N(c4ccc5c(c4)sc4cc(-c6ccccc6)ccc45)c4c(-c5ccccc5)cccc4-c4ccccc4)c23)cc1. The smallest absolute Gasteiger partial charge is 0.145 e. The van der Waals surface area contributed by atoms with Crippen molar-refractivity contribution in [1.82, 2.24) is 0 Å². The third-order valence-electron chi connectivity index (χ3n) is 12.3. The molecule has 0 fully saturated rings. The number of para-hydroxylation sites is 1. The number of fused-ring (bicyclic) bond motifs is 6. The minimum Gasteiger partial charge on any atom is -0.455 e. The van der Waals surface area contributed by atoms with Crippen LogP contribution in [0.25, 0.3) is 97.7 Å². The normalized spacial score (nSPS) is 11.5. The van der Waals surface area contributed by atoms with Gasteiger partial charge < -0.3 is 9.32 Å². The maximum absolute atomic E-state index is 7.13. The zero-order valence-electron chi connectivity index (χ0n) is 34.3. The molecule has 2 heterocycles. The molecule has 0 unspecified atom stereocenters. The third kappa shape index (κ3) is 6.50. The number of rotatable bonds is 8. The number of benzene rings is 10. The zero-order chi connectivity index (χ0) is 41.7. The Morgan fingerprint density at radius 1 is 0.333 bits per heavy atom. The Morgan fingerprint density at radius 3 is 1.38 bits per heavy atom. The highest BCUT2D eigenvalue weighted by Crippen LogP contribution is 2.52. The number of anilines is 3. The summed E-state index contributed by atoms with van der Waals surface area (Å²) >= 11 is 1.86. The second-order valence-electron chi connectivity index (χ2n) is 16.0. The van der Waals surface area contributed by atoms with E-state index >= 15 is 0 Å². The molecule has 0 bridgehead atoms. The molecule has 0 aliphatic rings. The molecule has 2 aromatic heterocycles. The summed E-state index contributed by atoms with van der Waals surface area (Å²) in [6.45, 7) is 0. The molecule has 10 aromatic carbocycles. The summed E-state index contributed by atoms with van der Waals surface area (Å²) in [4.78, 5) is 2.50. The molecule has 0 aliphatic heterocycles. The van der Waals surface area contributed by atoms with Crippen molar-refractivity contribution in [2.45, 2.75) is 0 Å². The molecule has 0 saturated carbocycles. The summed E-state index contributed by atoms with van der Waals surface area (Å²) in [5, 5.41) is 4.66. The number of hydrogen-bond acceptors (Lipinski definition) is 3. The molecule has 63 heavy (non-hydrogen) atoms. The molecular weight excluding hydrogens is 783 g/mol. The molecule has 0 saturated heterocycles. The van der Waals surface area contributed by atoms with Crippen molar-refractivity contribution in [3.8, 4) is 55.6 Å². The number of hydrogen-bond donors (Lipinski definition) is 0. The van der Waals surface area contributed by atoms with Gasteiger partial charge in [0.15, 0.2) is 0 Å². The highest BCUT2D eigenvalue weighted by Gasteiger charge is 2.27. The van der Waals surface area contributed by atoms with E-state index in [1.807, 2.05) is 11.3 Å². The first-order valence-corrected chi connectivity index (χ1v) is 22.2. The average Bonchev–Trinajstić information content (AvgIpc) is 3.93. The van der Waals surface area contributed by atoms with E-state index in [0.29, 0.717) is 0 Å². The van der Waals surface area contributed by atoms with E-state index in [1.54, 1.807) is 0 Å². The van der Waals surface area contributed by atoms with Crippen LogP contribution in [0.2, 0.25) is 0 Å². The summed E-state index contributed by atoms with van der Waals surface area (Å²) in [6.07, 6.45) is 0. The Labute approximate surface area is 370 Å². The van der Waals surface area contributed by atoms with Gasteiger partial charge in [0.25, 0.3) is 0 Å². The van der Waals surface area contributed by atoms with Gasteiger partial charge in [-0.25, -0.2) is 0 Å². The topological polar surface area (TPSA) is 16.4 Å². The lowest BCUT2D eigenvalue weighted by Crippen LogP contribution is -2.13. The van der Waals surface area contributed by atoms with Crippen LogP contribution >= 0.6 is 11.3 Å². The Hall–Kier alpha value is -7.98. The van der Waals surface area contributed by atoms with Gasteiger partial charge in [-0.3, -0.25) is 0 Å². The fraction of sp³-hybridized carbons (Fsp3) is 0. The van der Waals surface area contributed by atoms with Crippen LogP contribution in [0.4, 0.5) is 17.1 Å². The lowest BCUT2D eigenvalue weighted by atomic mass is 9.93. The summed E-state index contributed by atoms with van der Waals surface area (Å²) in [5.41, 5.74) is 16.4. The first-order chi connectivity index (χ1) is 31.2. The van der Waals surface area contributed by atoms with Crippen LogP contribution in [0, 0.1) is 0 Å². The molecule has 0 amide bonds. The van der Waals surface area contributed by atoms with Gasteiger partial charge in [-0.05, 0) is 81.4 Å². The minimum atomic E-state index is 0.852. The quantitative estimate of drug-likeness (QED) is 0.152. The standard InChI is InChI=1S/C60H39NOS/c1-6-17-40(18-7-1)45-30-33-53-55(37-45)62-60-50(44-25-14-5-15-26-44)35-36-54(58(53)60)61(59-48(42-21-10-3-11-22-42)27-16-28-49(59)43-23-12-4-13-24-43)47-31-34-52-51-32-29-46(41-19-8-2-9-20-41)38-56(51)63-57(52)39-47/h1-39H. The van der Waals surface area contributed by atoms with Gasteiger partial charge in [0, 0.05) is 47.9 Å². The maximum atomic E-state index is 7.13. The summed E-state index contributed by atoms with van der Waals surface area (Å²) in [7, 11) is 0. The monoisotopic (exact) mass is 821 g/mol. The van der Waals surface area contributed by atoms with Gasteiger partial charge >= 0.3 is 0 Å². The van der Waals surface area contributed by atoms with Crippen LogP contribution in [-0.2, 0) is 0 Å². The van der Waals surface area contributed by atoms with E-state index < -0.39 is 0 Å². The number of furan rings is 1. The molecule has 296 valence electrons. The van der Waals surface area contributed by atoms with Gasteiger partial charge in [0.2, 0.25) is 0 Å². The molecule has 0 radical (unpaired) electrons. The lowest BCUT2D eigenvalue weighted by Gasteiger charge is -2.31. The molecule has 0 aliphatic carbocycles. The Kier molecular flexibility index (Phi) is 9.06. The average molecular weight is 822 g/mol. The van der Waals surface area contributed by atoms with Gasteiger partial charge in [-0.1, -0.05) is 194 Å². The summed E-state index contributed by atoms with van der Waals surface area (Å²) in [5.74, 6) is 0. The van der Waals surface area contributed by atoms with Crippen molar-refractivity contribution >= 4 is 70.5 Å². The first-order valence-electron chi connectivity index (χ1n) is 21.4. The fourth-order valence-corrected chi connectivity index (χ4v) is 10.5. The van der Waals surface area contributed by atoms with E-state index in [2.05, 4.69) is 241 Å². The Balaban J connectivity index is 1.17. The van der Waals surface area contributed by atoms with E-state index in [1.165, 1.54) is 31.3 Å². The van der Waals surface area contributed by atoms with E-state index in [4.69, 9.17) is 4.42 Å². The molecule has 0 N–H and O–H groups in total. The predicted octanol–water partition coefficient (Wildman–Crippen LogP) is 17.8. The number of thiophene rings is 1. The van der Waals surface area contributed by atoms with Crippen molar-refractivity contribution in [3.05, 3.63) is 237 Å². The highest BCUT2D eigenvalue weighted by atomic mass is 32.1. The molecule has 12 aromatic rings. The second kappa shape index (κ2) is 15.5. The van der Waals surface area contributed by atoms with Gasteiger partial charge in [0.1, 0.15) is 11.2 Å². The van der Waals surface area contributed by atoms with Gasteiger partial charge in [0.05, 0.1) is 16.8 Å². The molecule has 3 heteroatoms. The van der Waals surface area contributed by atoms with Crippen LogP contribution in [0.5, 0.6) is 0 Å². The van der Waals surface area contributed by atoms with E-state index in [9.17, 15) is 0 Å². The molecule has 0 atom stereocenters. The van der Waals surface area contributed by atoms with Crippen LogP contribution in [-0.4, -0.2) is 0 Å². The highest BCUT2D eigenvalue weighted by molar-refractivity contribution is 7.25. The number of nitrogens with zero attached hydrogens (tertiary/aromatic N) is 1. The van der Waals surface area contributed by atoms with Crippen molar-refractivity contribution in [2.24, 2.45) is 0 Å². The van der Waals surface area contributed by atoms with E-state index in [0.717, 1.165) is 83.5 Å². The fourth-order valence-electron chi connectivity index (χ4n) is 9.29. The Bertz CT molecular complexity index is 3540. The van der Waals surface area contributed by atoms with Crippen molar-refractivity contribution in [1.29, 1.82) is 0 Å². The molecular formula is C60H39NOS. The summed E-state index contributed by atoms with van der Waals surface area (Å²) in [6, 6.07) is 85.3. The maximum Gasteiger partial charge on any atom is 0.145 e. The van der Waals surface area contributed by atoms with E-state index in [-0.39, 0.29) is 0 Å². The summed E-state index contributed by atoms with van der Waals surface area (Å²) < 4.78 is 9.63. The van der Waals surface area contributed by atoms with Gasteiger partial charge in [-0.15, -0.1) is 11.3 Å². The lowest BCUT2D eigenvalue weighted by molar-refractivity contribution is 0.670. The first kappa shape index (κ1) is 36.8. The van der Waals surface area contributed by atoms with Gasteiger partial charge in [-0.2, -0.15) is 0 Å². The largest absolute Gasteiger partial charge is 0.455 e. The van der Waals surface area contributed by atoms with Crippen LogP contribution < -0.4 is 4.90 Å². The Morgan fingerprint density at radius 2 is 0.810 bits per heavy atom. The zero-order valence-corrected chi connectivity index (χ0v) is 35.1. The van der Waals surface area contributed by atoms with Crippen molar-refractivity contribution in [2.75, 3.05) is 4.90 Å². The van der Waals surface area contributed by atoms with Crippen molar-refractivity contribution in [3.63, 3.8) is 0 Å². The van der Waals surface area contributed by atoms with Crippen molar-refractivity contribution < 1.29 is 4.42 Å². The van der Waals surface area contributed by atoms with Crippen LogP contribution in [0.15, 0.2) is 241 Å². The van der Waals surface area contributed by atoms with Crippen LogP contribution in [0.3, 0.4) is 0 Å². The third-order valence-corrected chi connectivity index (χ3v) is 13.4. The second-order valence-corrected chi connectivity index (χ2v) is 17.1. The molecule has 2 nitrogen and oxygen atoms in total. The minimum absolute atomic E-state index is 0.852.